The van der Waals surface area contributed by atoms with Gasteiger partial charge in [0, 0.05) is 12.8 Å². The van der Waals surface area contributed by atoms with Crippen LogP contribution in [0.3, 0.4) is 0 Å². The van der Waals surface area contributed by atoms with Crippen LogP contribution in [0.1, 0.15) is 155 Å². The van der Waals surface area contributed by atoms with Gasteiger partial charge in [-0.3, -0.25) is 18.6 Å². The fourth-order valence-electron chi connectivity index (χ4n) is 4.78. The molecule has 1 N–H and O–H groups in total. The van der Waals surface area contributed by atoms with Crippen LogP contribution in [0.2, 0.25) is 0 Å². The van der Waals surface area contributed by atoms with E-state index in [4.69, 9.17) is 18.5 Å². The van der Waals surface area contributed by atoms with E-state index in [0.717, 1.165) is 44.9 Å². The van der Waals surface area contributed by atoms with Gasteiger partial charge in [-0.05, 0) is 12.8 Å². The smallest absolute Gasteiger partial charge is 0.462 e. The van der Waals surface area contributed by atoms with Crippen LogP contribution in [-0.2, 0) is 32.7 Å². The molecule has 0 aromatic heterocycles. The first kappa shape index (κ1) is 43.0. The molecule has 0 radical (unpaired) electrons. The molecule has 262 valence electrons. The summed E-state index contributed by atoms with van der Waals surface area (Å²) in [5.41, 5.74) is 0. The molecule has 2 unspecified atom stereocenters. The lowest BCUT2D eigenvalue weighted by molar-refractivity contribution is -0.870. The van der Waals surface area contributed by atoms with Crippen LogP contribution >= 0.6 is 7.82 Å². The predicted molar refractivity (Wildman–Crippen MR) is 178 cm³/mol. The van der Waals surface area contributed by atoms with Crippen LogP contribution in [0.5, 0.6) is 0 Å². The molecule has 10 heteroatoms. The van der Waals surface area contributed by atoms with E-state index in [9.17, 15) is 19.0 Å². The van der Waals surface area contributed by atoms with Crippen LogP contribution in [0.25, 0.3) is 0 Å². The van der Waals surface area contributed by atoms with Crippen molar-refractivity contribution in [1.82, 2.24) is 0 Å². The first-order chi connectivity index (χ1) is 21.0. The zero-order chi connectivity index (χ0) is 32.9. The summed E-state index contributed by atoms with van der Waals surface area (Å²) in [6.45, 7) is 4.34. The van der Waals surface area contributed by atoms with Gasteiger partial charge >= 0.3 is 19.8 Å². The molecule has 0 rings (SSSR count). The van der Waals surface area contributed by atoms with E-state index in [0.29, 0.717) is 23.9 Å². The van der Waals surface area contributed by atoms with E-state index in [1.165, 1.54) is 77.0 Å². The normalized spacial score (nSPS) is 13.9. The molecule has 0 aliphatic rings. The third kappa shape index (κ3) is 31.0. The summed E-state index contributed by atoms with van der Waals surface area (Å²) >= 11 is 0. The Kier molecular flexibility index (Phi) is 27.6. The number of quaternary nitrogens is 1. The maximum Gasteiger partial charge on any atom is 0.472 e. The summed E-state index contributed by atoms with van der Waals surface area (Å²) in [5, 5.41) is 0. The summed E-state index contributed by atoms with van der Waals surface area (Å²) in [7, 11) is 1.48. The van der Waals surface area contributed by atoms with Crippen molar-refractivity contribution in [2.75, 3.05) is 47.5 Å². The topological polar surface area (TPSA) is 108 Å². The van der Waals surface area contributed by atoms with Crippen molar-refractivity contribution in [3.05, 3.63) is 0 Å². The number of phosphoric acid groups is 1. The molecule has 0 saturated carbocycles. The number of rotatable bonds is 32. The Labute approximate surface area is 270 Å². The van der Waals surface area contributed by atoms with Gasteiger partial charge < -0.3 is 18.9 Å². The number of ether oxygens (including phenoxy) is 2. The van der Waals surface area contributed by atoms with E-state index < -0.39 is 26.5 Å². The van der Waals surface area contributed by atoms with Crippen LogP contribution in [0.15, 0.2) is 0 Å². The number of unbranched alkanes of at least 4 members (excludes halogenated alkanes) is 18. The average Bonchev–Trinajstić information content (AvgIpc) is 2.95. The van der Waals surface area contributed by atoms with Gasteiger partial charge in [0.15, 0.2) is 6.10 Å². The highest BCUT2D eigenvalue weighted by molar-refractivity contribution is 7.47. The third-order valence-corrected chi connectivity index (χ3v) is 8.62. The molecule has 0 bridgehead atoms. The fourth-order valence-corrected chi connectivity index (χ4v) is 5.52. The van der Waals surface area contributed by atoms with E-state index in [-0.39, 0.29) is 25.6 Å². The van der Waals surface area contributed by atoms with Gasteiger partial charge in [0.25, 0.3) is 0 Å². The first-order valence-corrected chi connectivity index (χ1v) is 19.3. The maximum atomic E-state index is 12.4. The van der Waals surface area contributed by atoms with Gasteiger partial charge in [-0.25, -0.2) is 4.57 Å². The van der Waals surface area contributed by atoms with Crippen molar-refractivity contribution in [3.8, 4) is 0 Å². The molecule has 44 heavy (non-hydrogen) atoms. The van der Waals surface area contributed by atoms with Crippen LogP contribution in [-0.4, -0.2) is 74.9 Å². The minimum Gasteiger partial charge on any atom is -0.462 e. The Bertz CT molecular complexity index is 743. The zero-order valence-electron chi connectivity index (χ0n) is 29.2. The number of hydrogen-bond donors (Lipinski definition) is 1. The molecule has 0 aliphatic carbocycles. The number of esters is 2. The summed E-state index contributed by atoms with van der Waals surface area (Å²) in [6.07, 6.45) is 23.2. The zero-order valence-corrected chi connectivity index (χ0v) is 30.1. The first-order valence-electron chi connectivity index (χ1n) is 17.8. The number of likely N-dealkylation sites (N-methyl/N-ethyl adjacent to an activating group) is 1. The Balaban J connectivity index is 4.33. The average molecular weight is 651 g/mol. The Hall–Kier alpha value is -0.990. The molecule has 9 nitrogen and oxygen atoms in total. The van der Waals surface area contributed by atoms with Crippen LogP contribution < -0.4 is 0 Å². The standard InChI is InChI=1S/C34H68NO8P/c1-6-8-10-12-14-15-16-17-18-19-20-21-23-24-26-33(36)40-30-32(43-34(37)27-25-22-13-11-9-7-2)31-42-44(38,39)41-29-28-35(3,4)5/h32H,6-31H2,1-5H3/p+1. The number of carbonyl (C=O) groups excluding carboxylic acids is 2. The third-order valence-electron chi connectivity index (χ3n) is 7.64. The monoisotopic (exact) mass is 650 g/mol. The number of carbonyl (C=O) groups is 2. The minimum absolute atomic E-state index is 0.0357. The van der Waals surface area contributed by atoms with E-state index in [1.54, 1.807) is 0 Å². The number of phosphoric ester groups is 1. The second-order valence-electron chi connectivity index (χ2n) is 13.3. The Morgan fingerprint density at radius 2 is 1.02 bits per heavy atom. The second-order valence-corrected chi connectivity index (χ2v) is 14.7. The Morgan fingerprint density at radius 1 is 0.614 bits per heavy atom. The van der Waals surface area contributed by atoms with Gasteiger partial charge in [-0.2, -0.15) is 0 Å². The fraction of sp³-hybridized carbons (Fsp3) is 0.941. The lowest BCUT2D eigenvalue weighted by Gasteiger charge is -2.24. The van der Waals surface area contributed by atoms with Gasteiger partial charge in [0.2, 0.25) is 0 Å². The second kappa shape index (κ2) is 28.3. The molecule has 0 heterocycles. The quantitative estimate of drug-likeness (QED) is 0.0333. The summed E-state index contributed by atoms with van der Waals surface area (Å²) in [5.74, 6) is -0.803. The van der Waals surface area contributed by atoms with Gasteiger partial charge in [0.05, 0.1) is 27.7 Å². The van der Waals surface area contributed by atoms with Crippen LogP contribution in [0.4, 0.5) is 0 Å². The summed E-state index contributed by atoms with van der Waals surface area (Å²) in [6, 6.07) is 0. The summed E-state index contributed by atoms with van der Waals surface area (Å²) in [4.78, 5) is 34.8. The molecular weight excluding hydrogens is 581 g/mol. The van der Waals surface area contributed by atoms with Crippen molar-refractivity contribution >= 4 is 19.8 Å². The lowest BCUT2D eigenvalue weighted by Crippen LogP contribution is -2.37. The van der Waals surface area contributed by atoms with Crippen molar-refractivity contribution in [1.29, 1.82) is 0 Å². The highest BCUT2D eigenvalue weighted by Crippen LogP contribution is 2.43. The van der Waals surface area contributed by atoms with E-state index >= 15 is 0 Å². The molecule has 0 fully saturated rings. The minimum atomic E-state index is -4.35. The van der Waals surface area contributed by atoms with Gasteiger partial charge in [0.1, 0.15) is 19.8 Å². The molecule has 2 atom stereocenters. The lowest BCUT2D eigenvalue weighted by atomic mass is 10.0. The van der Waals surface area contributed by atoms with Crippen molar-refractivity contribution in [2.24, 2.45) is 0 Å². The molecule has 0 aliphatic heterocycles. The highest BCUT2D eigenvalue weighted by Gasteiger charge is 2.27. The SMILES string of the molecule is CCCCCCCCCCCCCCCCC(=O)OCC(COP(=O)(O)OCC[N+](C)(C)C)OC(=O)CCCCCCCC. The predicted octanol–water partition coefficient (Wildman–Crippen LogP) is 8.90. The molecule has 0 amide bonds. The van der Waals surface area contributed by atoms with Gasteiger partial charge in [-0.15, -0.1) is 0 Å². The molecular formula is C34H69NO8P+. The van der Waals surface area contributed by atoms with Crippen molar-refractivity contribution in [2.45, 2.75) is 161 Å². The van der Waals surface area contributed by atoms with Crippen molar-refractivity contribution in [3.63, 3.8) is 0 Å². The largest absolute Gasteiger partial charge is 0.472 e. The van der Waals surface area contributed by atoms with Crippen LogP contribution in [0, 0.1) is 0 Å². The molecule has 0 spiro atoms. The maximum absolute atomic E-state index is 12.4. The summed E-state index contributed by atoms with van der Waals surface area (Å²) < 4.78 is 33.9. The van der Waals surface area contributed by atoms with E-state index in [1.807, 2.05) is 21.1 Å². The molecule has 0 saturated heterocycles. The molecule has 0 aromatic rings. The number of nitrogens with zero attached hydrogens (tertiary/aromatic N) is 1. The van der Waals surface area contributed by atoms with E-state index in [2.05, 4.69) is 13.8 Å². The van der Waals surface area contributed by atoms with Gasteiger partial charge in [-0.1, -0.05) is 129 Å². The molecule has 0 aromatic carbocycles. The van der Waals surface area contributed by atoms with Crippen molar-refractivity contribution < 1.29 is 42.1 Å². The number of hydrogen-bond acceptors (Lipinski definition) is 7. The highest BCUT2D eigenvalue weighted by atomic mass is 31.2. The Morgan fingerprint density at radius 3 is 1.45 bits per heavy atom.